The second-order valence-electron chi connectivity index (χ2n) is 7.37. The van der Waals surface area contributed by atoms with Crippen LogP contribution in [0.1, 0.15) is 35.1 Å². The van der Waals surface area contributed by atoms with Crippen molar-refractivity contribution in [1.82, 2.24) is 0 Å². The average molecular weight is 353 g/mol. The van der Waals surface area contributed by atoms with Gasteiger partial charge in [-0.3, -0.25) is 0 Å². The fraction of sp³-hybridized carbons (Fsp3) is 0.200. The first-order valence-corrected chi connectivity index (χ1v) is 9.68. The van der Waals surface area contributed by atoms with Gasteiger partial charge in [-0.15, -0.1) is 0 Å². The Kier molecular flexibility index (Phi) is 4.17. The maximum atomic E-state index is 6.25. The minimum atomic E-state index is 0.256. The Morgan fingerprint density at radius 3 is 2.44 bits per heavy atom. The van der Waals surface area contributed by atoms with Crippen LogP contribution in [-0.4, -0.2) is 0 Å². The summed E-state index contributed by atoms with van der Waals surface area (Å²) in [6, 6.07) is 27.8. The van der Waals surface area contributed by atoms with Gasteiger partial charge in [-0.05, 0) is 35.6 Å². The second-order valence-corrected chi connectivity index (χ2v) is 7.37. The summed E-state index contributed by atoms with van der Waals surface area (Å²) in [6.45, 7) is 0.591. The van der Waals surface area contributed by atoms with Crippen molar-refractivity contribution in [2.24, 2.45) is 5.92 Å². The van der Waals surface area contributed by atoms with Crippen molar-refractivity contribution in [2.75, 3.05) is 5.32 Å². The number of allylic oxidation sites excluding steroid dienone is 2. The highest BCUT2D eigenvalue weighted by molar-refractivity contribution is 5.60. The highest BCUT2D eigenvalue weighted by Gasteiger charge is 2.38. The molecule has 0 fully saturated rings. The zero-order valence-corrected chi connectivity index (χ0v) is 15.2. The Morgan fingerprint density at radius 2 is 1.56 bits per heavy atom. The van der Waals surface area contributed by atoms with Crippen molar-refractivity contribution in [3.8, 4) is 5.75 Å². The van der Waals surface area contributed by atoms with Gasteiger partial charge in [0.1, 0.15) is 12.4 Å². The molecule has 1 N–H and O–H groups in total. The number of benzene rings is 3. The lowest BCUT2D eigenvalue weighted by Crippen LogP contribution is -2.29. The third-order valence-electron chi connectivity index (χ3n) is 5.76. The lowest BCUT2D eigenvalue weighted by molar-refractivity contribution is 0.296. The summed E-state index contributed by atoms with van der Waals surface area (Å²) >= 11 is 0. The van der Waals surface area contributed by atoms with Gasteiger partial charge in [-0.1, -0.05) is 78.9 Å². The zero-order valence-electron chi connectivity index (χ0n) is 15.2. The van der Waals surface area contributed by atoms with E-state index in [4.69, 9.17) is 4.74 Å². The van der Waals surface area contributed by atoms with Crippen LogP contribution in [0.2, 0.25) is 0 Å². The van der Waals surface area contributed by atoms with Crippen LogP contribution in [-0.2, 0) is 6.61 Å². The van der Waals surface area contributed by atoms with E-state index in [1.54, 1.807) is 0 Å². The molecule has 0 radical (unpaired) electrons. The van der Waals surface area contributed by atoms with E-state index in [9.17, 15) is 0 Å². The van der Waals surface area contributed by atoms with E-state index in [0.29, 0.717) is 18.4 Å². The van der Waals surface area contributed by atoms with E-state index in [-0.39, 0.29) is 6.04 Å². The molecule has 3 unspecified atom stereocenters. The van der Waals surface area contributed by atoms with Gasteiger partial charge in [0, 0.05) is 17.2 Å². The van der Waals surface area contributed by atoms with Crippen LogP contribution >= 0.6 is 0 Å². The van der Waals surface area contributed by atoms with E-state index in [2.05, 4.69) is 90.3 Å². The van der Waals surface area contributed by atoms with Crippen LogP contribution in [0.5, 0.6) is 5.75 Å². The molecule has 5 rings (SSSR count). The van der Waals surface area contributed by atoms with Crippen molar-refractivity contribution in [3.05, 3.63) is 108 Å². The van der Waals surface area contributed by atoms with E-state index in [0.717, 1.165) is 12.2 Å². The van der Waals surface area contributed by atoms with Crippen molar-refractivity contribution in [3.63, 3.8) is 0 Å². The van der Waals surface area contributed by atoms with Crippen molar-refractivity contribution < 1.29 is 4.74 Å². The van der Waals surface area contributed by atoms with Crippen LogP contribution in [0, 0.1) is 5.92 Å². The normalized spacial score (nSPS) is 22.6. The molecule has 0 aromatic heterocycles. The number of fused-ring (bicyclic) bond motifs is 3. The van der Waals surface area contributed by atoms with Gasteiger partial charge in [0.15, 0.2) is 0 Å². The Bertz CT molecular complexity index is 963. The molecule has 2 heteroatoms. The maximum Gasteiger partial charge on any atom is 0.125 e. The zero-order chi connectivity index (χ0) is 18.1. The molecule has 3 aromatic rings. The van der Waals surface area contributed by atoms with E-state index < -0.39 is 0 Å². The van der Waals surface area contributed by atoms with Crippen molar-refractivity contribution in [1.29, 1.82) is 0 Å². The number of ether oxygens (including phenoxy) is 1. The number of hydrogen-bond donors (Lipinski definition) is 1. The third-order valence-corrected chi connectivity index (χ3v) is 5.76. The summed E-state index contributed by atoms with van der Waals surface area (Å²) in [6.07, 6.45) is 5.81. The smallest absolute Gasteiger partial charge is 0.125 e. The summed E-state index contributed by atoms with van der Waals surface area (Å²) in [5, 5.41) is 3.80. The molecule has 0 bridgehead atoms. The van der Waals surface area contributed by atoms with Gasteiger partial charge in [-0.2, -0.15) is 0 Å². The predicted octanol–water partition coefficient (Wildman–Crippen LogP) is 6.09. The fourth-order valence-corrected chi connectivity index (χ4v) is 4.46. The quantitative estimate of drug-likeness (QED) is 0.573. The topological polar surface area (TPSA) is 21.3 Å². The van der Waals surface area contributed by atoms with Crippen LogP contribution in [0.3, 0.4) is 0 Å². The van der Waals surface area contributed by atoms with Crippen LogP contribution in [0.25, 0.3) is 0 Å². The molecule has 3 aromatic carbocycles. The Balaban J connectivity index is 1.46. The average Bonchev–Trinajstić information content (AvgIpc) is 3.23. The van der Waals surface area contributed by atoms with Crippen molar-refractivity contribution in [2.45, 2.75) is 25.0 Å². The third kappa shape index (κ3) is 3.02. The summed E-state index contributed by atoms with van der Waals surface area (Å²) in [4.78, 5) is 0. The molecule has 1 aliphatic carbocycles. The maximum absolute atomic E-state index is 6.25. The van der Waals surface area contributed by atoms with Gasteiger partial charge >= 0.3 is 0 Å². The predicted molar refractivity (Wildman–Crippen MR) is 110 cm³/mol. The molecule has 0 saturated carbocycles. The molecule has 1 aliphatic heterocycles. The van der Waals surface area contributed by atoms with Crippen LogP contribution in [0.15, 0.2) is 91.0 Å². The number of anilines is 1. The summed E-state index contributed by atoms with van der Waals surface area (Å²) in [5.41, 5.74) is 5.10. The van der Waals surface area contributed by atoms with Gasteiger partial charge in [0.25, 0.3) is 0 Å². The van der Waals surface area contributed by atoms with E-state index in [1.807, 2.05) is 6.07 Å². The molecule has 27 heavy (non-hydrogen) atoms. The number of para-hydroxylation sites is 2. The lowest BCUT2D eigenvalue weighted by Gasteiger charge is -2.38. The first kappa shape index (κ1) is 16.2. The molecule has 0 amide bonds. The Labute approximate surface area is 160 Å². The number of hydrogen-bond acceptors (Lipinski definition) is 2. The molecule has 0 saturated heterocycles. The summed E-state index contributed by atoms with van der Waals surface area (Å²) < 4.78 is 6.25. The highest BCUT2D eigenvalue weighted by atomic mass is 16.5. The molecule has 2 nitrogen and oxygen atoms in total. The summed E-state index contributed by atoms with van der Waals surface area (Å²) in [5.74, 6) is 1.99. The summed E-state index contributed by atoms with van der Waals surface area (Å²) in [7, 11) is 0. The SMILES string of the molecule is C1=CC2c3ccccc3NC(c3ccccc3OCc3ccccc3)C2C1. The minimum absolute atomic E-state index is 0.256. The Hall–Kier alpha value is -3.00. The molecule has 2 aliphatic rings. The van der Waals surface area contributed by atoms with Gasteiger partial charge in [0.05, 0.1) is 6.04 Å². The van der Waals surface area contributed by atoms with Crippen molar-refractivity contribution >= 4 is 5.69 Å². The molecule has 134 valence electrons. The molecular formula is C25H23NO. The monoisotopic (exact) mass is 353 g/mol. The molecule has 3 atom stereocenters. The Morgan fingerprint density at radius 1 is 0.815 bits per heavy atom. The minimum Gasteiger partial charge on any atom is -0.489 e. The number of rotatable bonds is 4. The first-order chi connectivity index (χ1) is 13.4. The lowest BCUT2D eigenvalue weighted by atomic mass is 9.77. The van der Waals surface area contributed by atoms with Gasteiger partial charge in [-0.25, -0.2) is 0 Å². The second kappa shape index (κ2) is 6.96. The number of nitrogens with one attached hydrogen (secondary N) is 1. The van der Waals surface area contributed by atoms with E-state index >= 15 is 0 Å². The van der Waals surface area contributed by atoms with Gasteiger partial charge in [0.2, 0.25) is 0 Å². The standard InChI is InChI=1S/C25H23NO/c1-2-9-18(10-3-1)17-27-24-16-7-5-12-22(24)25-21-14-8-13-19(21)20-11-4-6-15-23(20)26-25/h1-13,15-16,19,21,25-26H,14,17H2. The fourth-order valence-electron chi connectivity index (χ4n) is 4.46. The van der Waals surface area contributed by atoms with E-state index in [1.165, 1.54) is 22.4 Å². The first-order valence-electron chi connectivity index (χ1n) is 9.68. The van der Waals surface area contributed by atoms with Crippen LogP contribution < -0.4 is 10.1 Å². The highest BCUT2D eigenvalue weighted by Crippen LogP contribution is 2.50. The largest absolute Gasteiger partial charge is 0.489 e. The molecule has 1 heterocycles. The molecular weight excluding hydrogens is 330 g/mol. The van der Waals surface area contributed by atoms with Gasteiger partial charge < -0.3 is 10.1 Å². The molecule has 0 spiro atoms. The van der Waals surface area contributed by atoms with Crippen LogP contribution in [0.4, 0.5) is 5.69 Å².